The topological polar surface area (TPSA) is 61.0 Å². The summed E-state index contributed by atoms with van der Waals surface area (Å²) in [6.45, 7) is 2.38. The molecule has 5 nitrogen and oxygen atoms in total. The van der Waals surface area contributed by atoms with Crippen molar-refractivity contribution < 1.29 is 4.92 Å². The molecule has 0 saturated heterocycles. The van der Waals surface area contributed by atoms with Gasteiger partial charge >= 0.3 is 5.69 Å². The molecule has 0 aliphatic rings. The molecule has 2 aromatic rings. The zero-order valence-corrected chi connectivity index (χ0v) is 11.4. The van der Waals surface area contributed by atoms with E-state index in [4.69, 9.17) is 0 Å². The number of nitro groups is 1. The lowest BCUT2D eigenvalue weighted by Crippen LogP contribution is -2.07. The molecule has 1 unspecified atom stereocenters. The van der Waals surface area contributed by atoms with Crippen molar-refractivity contribution in [3.8, 4) is 0 Å². The van der Waals surface area contributed by atoms with Crippen molar-refractivity contribution in [3.63, 3.8) is 0 Å². The Kier molecular flexibility index (Phi) is 3.76. The van der Waals surface area contributed by atoms with Crippen molar-refractivity contribution in [3.05, 3.63) is 57.9 Å². The normalized spacial score (nSPS) is 12.3. The Hall–Kier alpha value is -1.69. The molecule has 0 radical (unpaired) electrons. The van der Waals surface area contributed by atoms with Crippen molar-refractivity contribution in [2.45, 2.75) is 18.3 Å². The molecule has 1 aromatic heterocycles. The molecule has 0 aliphatic carbocycles. The van der Waals surface area contributed by atoms with Crippen molar-refractivity contribution in [2.75, 3.05) is 0 Å². The highest BCUT2D eigenvalue weighted by molar-refractivity contribution is 9.09. The summed E-state index contributed by atoms with van der Waals surface area (Å²) in [5.41, 5.74) is 1.70. The summed E-state index contributed by atoms with van der Waals surface area (Å²) in [7, 11) is 0. The van der Waals surface area contributed by atoms with Gasteiger partial charge in [-0.3, -0.25) is 14.8 Å². The molecule has 1 aromatic carbocycles. The van der Waals surface area contributed by atoms with E-state index in [0.717, 1.165) is 5.56 Å². The lowest BCUT2D eigenvalue weighted by Gasteiger charge is -2.08. The summed E-state index contributed by atoms with van der Waals surface area (Å²) in [5, 5.41) is 15.0. The first-order valence-electron chi connectivity index (χ1n) is 5.47. The summed E-state index contributed by atoms with van der Waals surface area (Å²) >= 11 is 3.38. The fourth-order valence-electron chi connectivity index (χ4n) is 1.82. The fraction of sp³-hybridized carbons (Fsp3) is 0.250. The molecule has 0 N–H and O–H groups in total. The molecule has 0 bridgehead atoms. The van der Waals surface area contributed by atoms with Crippen LogP contribution in [-0.2, 0) is 6.54 Å². The third-order valence-electron chi connectivity index (χ3n) is 2.61. The van der Waals surface area contributed by atoms with Crippen LogP contribution in [0.2, 0.25) is 0 Å². The van der Waals surface area contributed by atoms with Gasteiger partial charge in [0.15, 0.2) is 0 Å². The number of aromatic nitrogens is 2. The molecular weight excluding hydrogens is 298 g/mol. The molecule has 0 saturated carbocycles. The minimum absolute atomic E-state index is 0.0512. The maximum Gasteiger partial charge on any atom is 0.311 e. The van der Waals surface area contributed by atoms with E-state index in [0.29, 0.717) is 12.2 Å². The largest absolute Gasteiger partial charge is 0.311 e. The van der Waals surface area contributed by atoms with Gasteiger partial charge in [-0.15, -0.1) is 0 Å². The zero-order valence-electron chi connectivity index (χ0n) is 9.78. The van der Waals surface area contributed by atoms with E-state index in [1.165, 1.54) is 6.20 Å². The number of hydrogen-bond acceptors (Lipinski definition) is 3. The lowest BCUT2D eigenvalue weighted by molar-refractivity contribution is -0.385. The van der Waals surface area contributed by atoms with E-state index < -0.39 is 4.92 Å². The van der Waals surface area contributed by atoms with Crippen LogP contribution >= 0.6 is 15.9 Å². The second kappa shape index (κ2) is 5.30. The average molecular weight is 310 g/mol. The van der Waals surface area contributed by atoms with Crippen molar-refractivity contribution in [1.82, 2.24) is 9.78 Å². The molecule has 18 heavy (non-hydrogen) atoms. The molecule has 6 heteroatoms. The smallest absolute Gasteiger partial charge is 0.258 e. The van der Waals surface area contributed by atoms with Crippen molar-refractivity contribution in [2.24, 2.45) is 0 Å². The predicted molar refractivity (Wildman–Crippen MR) is 71.8 cm³/mol. The fourth-order valence-corrected chi connectivity index (χ4v) is 2.29. The lowest BCUT2D eigenvalue weighted by atomic mass is 10.2. The van der Waals surface area contributed by atoms with Crippen LogP contribution < -0.4 is 0 Å². The van der Waals surface area contributed by atoms with Crippen molar-refractivity contribution in [1.29, 1.82) is 0 Å². The Labute approximate surface area is 113 Å². The summed E-state index contributed by atoms with van der Waals surface area (Å²) in [4.78, 5) is 10.4. The predicted octanol–water partition coefficient (Wildman–Crippen LogP) is 3.30. The quantitative estimate of drug-likeness (QED) is 0.494. The molecule has 0 fully saturated rings. The molecular formula is C12H12BrN3O2. The second-order valence-corrected chi connectivity index (χ2v) is 5.30. The Bertz CT molecular complexity index is 552. The first-order valence-corrected chi connectivity index (χ1v) is 6.39. The third kappa shape index (κ3) is 2.59. The van der Waals surface area contributed by atoms with Crippen LogP contribution in [0.3, 0.4) is 0 Å². The Morgan fingerprint density at radius 2 is 2.11 bits per heavy atom. The number of benzene rings is 1. The molecule has 1 heterocycles. The maximum absolute atomic E-state index is 10.9. The number of halogens is 1. The van der Waals surface area contributed by atoms with E-state index in [9.17, 15) is 10.1 Å². The number of hydrogen-bond donors (Lipinski definition) is 0. The molecule has 2 rings (SSSR count). The first-order chi connectivity index (χ1) is 8.59. The van der Waals surface area contributed by atoms with Crippen LogP contribution in [0.5, 0.6) is 0 Å². The minimum atomic E-state index is -0.401. The van der Waals surface area contributed by atoms with Gasteiger partial charge in [-0.2, -0.15) is 5.10 Å². The van der Waals surface area contributed by atoms with E-state index in [1.807, 2.05) is 37.3 Å². The summed E-state index contributed by atoms with van der Waals surface area (Å²) in [6.07, 6.45) is 1.30. The van der Waals surface area contributed by atoms with Gasteiger partial charge in [0.2, 0.25) is 0 Å². The van der Waals surface area contributed by atoms with Crippen LogP contribution in [-0.4, -0.2) is 14.7 Å². The highest BCUT2D eigenvalue weighted by Gasteiger charge is 2.23. The summed E-state index contributed by atoms with van der Waals surface area (Å²) in [6, 6.07) is 9.74. The Morgan fingerprint density at radius 3 is 2.67 bits per heavy atom. The van der Waals surface area contributed by atoms with Gasteiger partial charge in [-0.1, -0.05) is 46.3 Å². The van der Waals surface area contributed by atoms with Crippen molar-refractivity contribution >= 4 is 21.6 Å². The number of rotatable bonds is 4. The molecule has 0 spiro atoms. The van der Waals surface area contributed by atoms with Crippen LogP contribution in [0.25, 0.3) is 0 Å². The highest BCUT2D eigenvalue weighted by Crippen LogP contribution is 2.30. The molecule has 94 valence electrons. The van der Waals surface area contributed by atoms with E-state index in [1.54, 1.807) is 4.68 Å². The Balaban J connectivity index is 2.37. The maximum atomic E-state index is 10.9. The Morgan fingerprint density at radius 1 is 1.44 bits per heavy atom. The first kappa shape index (κ1) is 12.8. The van der Waals surface area contributed by atoms with Gasteiger partial charge in [0.1, 0.15) is 11.9 Å². The van der Waals surface area contributed by atoms with Crippen LogP contribution in [0, 0.1) is 10.1 Å². The summed E-state index contributed by atoms with van der Waals surface area (Å²) in [5.74, 6) is 0. The van der Waals surface area contributed by atoms with Gasteiger partial charge in [0.25, 0.3) is 0 Å². The minimum Gasteiger partial charge on any atom is -0.258 e. The van der Waals surface area contributed by atoms with E-state index >= 15 is 0 Å². The molecule has 1 atom stereocenters. The van der Waals surface area contributed by atoms with E-state index in [2.05, 4.69) is 21.0 Å². The van der Waals surface area contributed by atoms with Gasteiger partial charge < -0.3 is 0 Å². The van der Waals surface area contributed by atoms with Gasteiger partial charge in [0, 0.05) is 0 Å². The standard InChI is InChI=1S/C12H12BrN3O2/c1-9(13)12-11(16(17)18)7-14-15(12)8-10-5-3-2-4-6-10/h2-7,9H,8H2,1H3. The average Bonchev–Trinajstić information content (AvgIpc) is 2.74. The van der Waals surface area contributed by atoms with Gasteiger partial charge in [-0.25, -0.2) is 0 Å². The molecule has 0 amide bonds. The second-order valence-electron chi connectivity index (χ2n) is 3.93. The van der Waals surface area contributed by atoms with Crippen LogP contribution in [0.4, 0.5) is 5.69 Å². The van der Waals surface area contributed by atoms with Gasteiger partial charge in [0.05, 0.1) is 16.3 Å². The van der Waals surface area contributed by atoms with Crippen LogP contribution in [0.15, 0.2) is 36.5 Å². The summed E-state index contributed by atoms with van der Waals surface area (Å²) < 4.78 is 1.66. The number of nitrogens with zero attached hydrogens (tertiary/aromatic N) is 3. The van der Waals surface area contributed by atoms with Gasteiger partial charge in [-0.05, 0) is 12.5 Å². The third-order valence-corrected chi connectivity index (χ3v) is 3.04. The van der Waals surface area contributed by atoms with E-state index in [-0.39, 0.29) is 10.5 Å². The number of alkyl halides is 1. The highest BCUT2D eigenvalue weighted by atomic mass is 79.9. The molecule has 0 aliphatic heterocycles. The zero-order chi connectivity index (χ0) is 13.1. The van der Waals surface area contributed by atoms with Crippen LogP contribution in [0.1, 0.15) is 23.0 Å². The SMILES string of the molecule is CC(Br)c1c([N+](=O)[O-])cnn1Cc1ccccc1. The monoisotopic (exact) mass is 309 g/mol.